The van der Waals surface area contributed by atoms with E-state index in [-0.39, 0.29) is 5.91 Å². The smallest absolute Gasteiger partial charge is 0.224 e. The molecular formula is C34H41N3O3. The van der Waals surface area contributed by atoms with Crippen molar-refractivity contribution in [2.24, 2.45) is 0 Å². The first-order chi connectivity index (χ1) is 19.7. The number of unbranched alkanes of at least 4 members (excludes halogenated alkanes) is 3. The van der Waals surface area contributed by atoms with Crippen LogP contribution in [0.5, 0.6) is 11.5 Å². The van der Waals surface area contributed by atoms with Crippen molar-refractivity contribution >= 4 is 16.9 Å². The number of amides is 1. The number of imidazole rings is 1. The average Bonchev–Trinajstić information content (AvgIpc) is 3.33. The molecule has 0 fully saturated rings. The number of hydrogen-bond acceptors (Lipinski definition) is 4. The molecule has 0 radical (unpaired) electrons. The molecule has 0 aliphatic rings. The standard InChI is InChI=1S/C34H41N3O3/c1-3-13-28-14-6-9-17-32(28)40-25-12-11-24-37-31-16-8-7-15-30(31)36-33(37)18-5-4-10-23-35-34(38)26-27-19-21-29(39-2)22-20-27/h3,6-9,14-17,19-22H,1,4-5,10-13,18,23-26H2,2H3,(H,35,38). The van der Waals surface area contributed by atoms with Crippen molar-refractivity contribution < 1.29 is 14.3 Å². The Morgan fingerprint density at radius 2 is 1.75 bits per heavy atom. The minimum Gasteiger partial charge on any atom is -0.497 e. The molecule has 0 saturated heterocycles. The lowest BCUT2D eigenvalue weighted by Crippen LogP contribution is -2.26. The van der Waals surface area contributed by atoms with Gasteiger partial charge >= 0.3 is 0 Å². The molecule has 0 spiro atoms. The van der Waals surface area contributed by atoms with Crippen LogP contribution in [0, 0.1) is 0 Å². The molecule has 1 N–H and O–H groups in total. The quantitative estimate of drug-likeness (QED) is 0.120. The van der Waals surface area contributed by atoms with Gasteiger partial charge in [-0.2, -0.15) is 0 Å². The van der Waals surface area contributed by atoms with E-state index in [1.54, 1.807) is 7.11 Å². The van der Waals surface area contributed by atoms with Gasteiger partial charge in [-0.05, 0) is 73.6 Å². The van der Waals surface area contributed by atoms with Crippen molar-refractivity contribution in [1.29, 1.82) is 0 Å². The van der Waals surface area contributed by atoms with Crippen LogP contribution in [0.15, 0.2) is 85.5 Å². The fourth-order valence-electron chi connectivity index (χ4n) is 4.89. The van der Waals surface area contributed by atoms with Crippen molar-refractivity contribution in [2.45, 2.75) is 57.9 Å². The second kappa shape index (κ2) is 15.5. The second-order valence-electron chi connectivity index (χ2n) is 10.0. The minimum absolute atomic E-state index is 0.0557. The van der Waals surface area contributed by atoms with Gasteiger partial charge in [0.15, 0.2) is 0 Å². The van der Waals surface area contributed by atoms with Crippen LogP contribution in [0.1, 0.15) is 49.1 Å². The molecule has 1 aromatic heterocycles. The number of fused-ring (bicyclic) bond motifs is 1. The van der Waals surface area contributed by atoms with Crippen LogP contribution in [-0.4, -0.2) is 35.7 Å². The van der Waals surface area contributed by atoms with Crippen molar-refractivity contribution in [3.63, 3.8) is 0 Å². The highest BCUT2D eigenvalue weighted by atomic mass is 16.5. The molecule has 0 bridgehead atoms. The summed E-state index contributed by atoms with van der Waals surface area (Å²) in [4.78, 5) is 17.2. The van der Waals surface area contributed by atoms with Crippen molar-refractivity contribution in [2.75, 3.05) is 20.3 Å². The Bertz CT molecular complexity index is 1360. The van der Waals surface area contributed by atoms with Gasteiger partial charge in [0.25, 0.3) is 0 Å². The van der Waals surface area contributed by atoms with Crippen LogP contribution in [0.3, 0.4) is 0 Å². The lowest BCUT2D eigenvalue weighted by molar-refractivity contribution is -0.120. The van der Waals surface area contributed by atoms with E-state index < -0.39 is 0 Å². The topological polar surface area (TPSA) is 65.4 Å². The van der Waals surface area contributed by atoms with Crippen LogP contribution >= 0.6 is 0 Å². The summed E-state index contributed by atoms with van der Waals surface area (Å²) in [6.45, 7) is 6.16. The molecule has 4 aromatic rings. The molecule has 3 aromatic carbocycles. The minimum atomic E-state index is 0.0557. The van der Waals surface area contributed by atoms with E-state index in [2.05, 4.69) is 40.7 Å². The third kappa shape index (κ3) is 8.47. The molecule has 0 aliphatic carbocycles. The summed E-state index contributed by atoms with van der Waals surface area (Å²) in [5.41, 5.74) is 4.41. The number of methoxy groups -OCH3 is 1. The molecule has 0 aliphatic heterocycles. The summed E-state index contributed by atoms with van der Waals surface area (Å²) >= 11 is 0. The van der Waals surface area contributed by atoms with E-state index in [9.17, 15) is 4.79 Å². The third-order valence-corrected chi connectivity index (χ3v) is 7.03. The number of aromatic nitrogens is 2. The number of rotatable bonds is 17. The number of carbonyl (C=O) groups is 1. The third-order valence-electron chi connectivity index (χ3n) is 7.03. The molecule has 210 valence electrons. The zero-order valence-corrected chi connectivity index (χ0v) is 23.6. The summed E-state index contributed by atoms with van der Waals surface area (Å²) in [5.74, 6) is 2.95. The number of ether oxygens (including phenoxy) is 2. The number of carbonyl (C=O) groups excluding carboxylic acids is 1. The Hall–Kier alpha value is -4.06. The Labute approximate surface area is 238 Å². The fourth-order valence-corrected chi connectivity index (χ4v) is 4.89. The van der Waals surface area contributed by atoms with Crippen LogP contribution in [0.2, 0.25) is 0 Å². The van der Waals surface area contributed by atoms with Crippen molar-refractivity contribution in [1.82, 2.24) is 14.9 Å². The molecule has 6 heteroatoms. The van der Waals surface area contributed by atoms with Crippen LogP contribution in [0.25, 0.3) is 11.0 Å². The first kappa shape index (κ1) is 28.9. The fraction of sp³-hybridized carbons (Fsp3) is 0.353. The highest BCUT2D eigenvalue weighted by molar-refractivity contribution is 5.78. The number of allylic oxidation sites excluding steroid dienone is 1. The zero-order valence-electron chi connectivity index (χ0n) is 23.6. The lowest BCUT2D eigenvalue weighted by atomic mass is 10.1. The Balaban J connectivity index is 1.19. The molecule has 6 nitrogen and oxygen atoms in total. The number of nitrogens with one attached hydrogen (secondary N) is 1. The number of benzene rings is 3. The number of para-hydroxylation sites is 3. The molecule has 4 rings (SSSR count). The van der Waals surface area contributed by atoms with Gasteiger partial charge in [-0.25, -0.2) is 4.98 Å². The molecule has 40 heavy (non-hydrogen) atoms. The van der Waals surface area contributed by atoms with E-state index in [1.807, 2.05) is 54.6 Å². The summed E-state index contributed by atoms with van der Waals surface area (Å²) in [6, 6.07) is 24.2. The normalized spacial score (nSPS) is 10.9. The van der Waals surface area contributed by atoms with Gasteiger partial charge in [-0.3, -0.25) is 4.79 Å². The Kier molecular flexibility index (Phi) is 11.2. The monoisotopic (exact) mass is 539 g/mol. The maximum Gasteiger partial charge on any atom is 0.224 e. The molecule has 1 heterocycles. The number of nitrogens with zero attached hydrogens (tertiary/aromatic N) is 2. The predicted octanol–water partition coefficient (Wildman–Crippen LogP) is 6.70. The number of hydrogen-bond donors (Lipinski definition) is 1. The average molecular weight is 540 g/mol. The summed E-state index contributed by atoms with van der Waals surface area (Å²) in [5, 5.41) is 3.05. The SMILES string of the molecule is C=CCc1ccccc1OCCCCn1c(CCCCCNC(=O)Cc2ccc(OC)cc2)nc2ccccc21. The van der Waals surface area contributed by atoms with Gasteiger partial charge in [0.1, 0.15) is 17.3 Å². The van der Waals surface area contributed by atoms with E-state index in [0.717, 1.165) is 79.9 Å². The molecular weight excluding hydrogens is 498 g/mol. The van der Waals surface area contributed by atoms with Crippen LogP contribution < -0.4 is 14.8 Å². The van der Waals surface area contributed by atoms with Gasteiger partial charge in [-0.1, -0.05) is 55.0 Å². The van der Waals surface area contributed by atoms with Crippen molar-refractivity contribution in [3.05, 3.63) is 102 Å². The highest BCUT2D eigenvalue weighted by Crippen LogP contribution is 2.21. The highest BCUT2D eigenvalue weighted by Gasteiger charge is 2.11. The van der Waals surface area contributed by atoms with Crippen LogP contribution in [0.4, 0.5) is 0 Å². The molecule has 0 saturated carbocycles. The maximum absolute atomic E-state index is 12.3. The largest absolute Gasteiger partial charge is 0.497 e. The van der Waals surface area contributed by atoms with E-state index in [1.165, 1.54) is 11.1 Å². The van der Waals surface area contributed by atoms with Crippen LogP contribution in [-0.2, 0) is 30.6 Å². The Morgan fingerprint density at radius 1 is 0.950 bits per heavy atom. The summed E-state index contributed by atoms with van der Waals surface area (Å²) < 4.78 is 13.6. The predicted molar refractivity (Wildman–Crippen MR) is 162 cm³/mol. The van der Waals surface area contributed by atoms with Gasteiger partial charge < -0.3 is 19.4 Å². The lowest BCUT2D eigenvalue weighted by Gasteiger charge is -2.12. The van der Waals surface area contributed by atoms with Gasteiger partial charge in [0.2, 0.25) is 5.91 Å². The van der Waals surface area contributed by atoms with Crippen molar-refractivity contribution in [3.8, 4) is 11.5 Å². The van der Waals surface area contributed by atoms with Gasteiger partial charge in [0.05, 0.1) is 31.2 Å². The second-order valence-corrected chi connectivity index (χ2v) is 10.0. The first-order valence-corrected chi connectivity index (χ1v) is 14.3. The van der Waals surface area contributed by atoms with E-state index in [4.69, 9.17) is 14.5 Å². The maximum atomic E-state index is 12.3. The first-order valence-electron chi connectivity index (χ1n) is 14.3. The zero-order chi connectivity index (χ0) is 28.0. The van der Waals surface area contributed by atoms with Gasteiger partial charge in [0, 0.05) is 19.5 Å². The van der Waals surface area contributed by atoms with E-state index in [0.29, 0.717) is 19.6 Å². The summed E-state index contributed by atoms with van der Waals surface area (Å²) in [7, 11) is 1.64. The Morgan fingerprint density at radius 3 is 2.58 bits per heavy atom. The number of aryl methyl sites for hydroxylation is 2. The van der Waals surface area contributed by atoms with Gasteiger partial charge in [-0.15, -0.1) is 6.58 Å². The molecule has 0 unspecified atom stereocenters. The molecule has 1 amide bonds. The van der Waals surface area contributed by atoms with E-state index >= 15 is 0 Å². The molecule has 0 atom stereocenters. The summed E-state index contributed by atoms with van der Waals surface area (Å²) in [6.07, 6.45) is 9.09.